The van der Waals surface area contributed by atoms with E-state index < -0.39 is 0 Å². The van der Waals surface area contributed by atoms with E-state index in [0.717, 1.165) is 24.4 Å². The number of nitrogens with zero attached hydrogens (tertiary/aromatic N) is 1. The molecule has 0 atom stereocenters. The first-order valence-corrected chi connectivity index (χ1v) is 5.52. The van der Waals surface area contributed by atoms with Gasteiger partial charge in [-0.3, -0.25) is 0 Å². The topological polar surface area (TPSA) is 21.6 Å². The summed E-state index contributed by atoms with van der Waals surface area (Å²) in [7, 11) is 0. The minimum absolute atomic E-state index is 0.177. The molecule has 1 rings (SSSR count). The lowest BCUT2D eigenvalue weighted by molar-refractivity contribution is 0.188. The fourth-order valence-corrected chi connectivity index (χ4v) is 1.20. The maximum absolute atomic E-state index is 5.68. The van der Waals surface area contributed by atoms with Gasteiger partial charge in [0.15, 0.2) is 0 Å². The molecule has 2 nitrogen and oxygen atoms in total. The van der Waals surface area contributed by atoms with Crippen molar-refractivity contribution in [3.63, 3.8) is 0 Å². The van der Waals surface area contributed by atoms with Crippen LogP contribution in [0.5, 0.6) is 0 Å². The number of ether oxygens (including phenoxy) is 1. The fraction of sp³-hybridized carbons (Fsp3) is 0.615. The molecule has 0 aliphatic carbocycles. The normalized spacial score (nSPS) is 19.7. The Labute approximate surface area is 92.7 Å². The maximum atomic E-state index is 5.68. The van der Waals surface area contributed by atoms with Crippen molar-refractivity contribution < 1.29 is 4.74 Å². The lowest BCUT2D eigenvalue weighted by Gasteiger charge is -2.19. The largest absolute Gasteiger partial charge is 0.477 e. The molecule has 0 unspecified atom stereocenters. The van der Waals surface area contributed by atoms with E-state index in [1.165, 1.54) is 0 Å². The second kappa shape index (κ2) is 5.15. The SMILES string of the molecule is CC1=CCC/C=C/C(OCC(C)(C)C)=N1. The van der Waals surface area contributed by atoms with Crippen LogP contribution in [-0.2, 0) is 4.74 Å². The molecule has 0 radical (unpaired) electrons. The third-order valence-corrected chi connectivity index (χ3v) is 1.97. The van der Waals surface area contributed by atoms with Gasteiger partial charge in [0.2, 0.25) is 5.90 Å². The van der Waals surface area contributed by atoms with E-state index in [0.29, 0.717) is 6.61 Å². The van der Waals surface area contributed by atoms with Gasteiger partial charge in [0.1, 0.15) is 0 Å². The minimum atomic E-state index is 0.177. The maximum Gasteiger partial charge on any atom is 0.213 e. The molecule has 0 fully saturated rings. The van der Waals surface area contributed by atoms with Crippen LogP contribution in [0.4, 0.5) is 0 Å². The lowest BCUT2D eigenvalue weighted by Crippen LogP contribution is -2.17. The van der Waals surface area contributed by atoms with Gasteiger partial charge in [-0.2, -0.15) is 0 Å². The van der Waals surface area contributed by atoms with E-state index >= 15 is 0 Å². The highest BCUT2D eigenvalue weighted by atomic mass is 16.5. The molecule has 0 amide bonds. The Morgan fingerprint density at radius 3 is 2.73 bits per heavy atom. The van der Waals surface area contributed by atoms with Gasteiger partial charge in [0.25, 0.3) is 0 Å². The van der Waals surface area contributed by atoms with Gasteiger partial charge in [-0.25, -0.2) is 4.99 Å². The summed E-state index contributed by atoms with van der Waals surface area (Å²) >= 11 is 0. The second-order valence-electron chi connectivity index (χ2n) is 5.12. The Morgan fingerprint density at radius 1 is 1.33 bits per heavy atom. The summed E-state index contributed by atoms with van der Waals surface area (Å²) in [6.07, 6.45) is 8.37. The van der Waals surface area contributed by atoms with Crippen molar-refractivity contribution in [2.24, 2.45) is 10.4 Å². The predicted octanol–water partition coefficient (Wildman–Crippen LogP) is 3.70. The standard InChI is InChI=1S/C13H21NO/c1-11-8-6-5-7-9-12(14-11)15-10-13(2,3)4/h7-9H,5-6,10H2,1-4H3/b9-7+,11-8?,14-12?. The van der Waals surface area contributed by atoms with Crippen LogP contribution < -0.4 is 0 Å². The van der Waals surface area contributed by atoms with E-state index in [2.05, 4.69) is 37.9 Å². The second-order valence-corrected chi connectivity index (χ2v) is 5.12. The Balaban J connectivity index is 2.62. The molecule has 0 aromatic carbocycles. The summed E-state index contributed by atoms with van der Waals surface area (Å²) in [4.78, 5) is 4.41. The number of aliphatic imine (C=N–C) groups is 1. The smallest absolute Gasteiger partial charge is 0.213 e. The van der Waals surface area contributed by atoms with Gasteiger partial charge in [0, 0.05) is 5.70 Å². The molecule has 1 aliphatic rings. The highest BCUT2D eigenvalue weighted by Crippen LogP contribution is 2.14. The third kappa shape index (κ3) is 5.40. The van der Waals surface area contributed by atoms with Crippen molar-refractivity contribution in [2.75, 3.05) is 6.61 Å². The molecule has 0 aromatic rings. The molecule has 2 heteroatoms. The van der Waals surface area contributed by atoms with Crippen molar-refractivity contribution >= 4 is 5.90 Å². The fourth-order valence-electron chi connectivity index (χ4n) is 1.20. The Hall–Kier alpha value is -1.05. The molecule has 0 saturated heterocycles. The van der Waals surface area contributed by atoms with Gasteiger partial charge < -0.3 is 4.74 Å². The third-order valence-electron chi connectivity index (χ3n) is 1.97. The predicted molar refractivity (Wildman–Crippen MR) is 65.0 cm³/mol. The molecule has 0 aromatic heterocycles. The molecule has 1 heterocycles. The van der Waals surface area contributed by atoms with Crippen molar-refractivity contribution in [1.29, 1.82) is 0 Å². The summed E-state index contributed by atoms with van der Waals surface area (Å²) in [5.74, 6) is 0.735. The number of hydrogen-bond donors (Lipinski definition) is 0. The van der Waals surface area contributed by atoms with E-state index in [1.54, 1.807) is 0 Å². The molecule has 0 saturated carbocycles. The van der Waals surface area contributed by atoms with Gasteiger partial charge in [-0.1, -0.05) is 32.9 Å². The van der Waals surface area contributed by atoms with Crippen LogP contribution >= 0.6 is 0 Å². The zero-order chi connectivity index (χ0) is 11.3. The van der Waals surface area contributed by atoms with Crippen LogP contribution in [-0.4, -0.2) is 12.5 Å². The molecular weight excluding hydrogens is 186 g/mol. The van der Waals surface area contributed by atoms with Crippen molar-refractivity contribution in [3.05, 3.63) is 23.9 Å². The summed E-state index contributed by atoms with van der Waals surface area (Å²) in [6.45, 7) is 9.18. The van der Waals surface area contributed by atoms with Crippen LogP contribution in [0.15, 0.2) is 28.9 Å². The van der Waals surface area contributed by atoms with Crippen molar-refractivity contribution in [1.82, 2.24) is 0 Å². The average Bonchev–Trinajstić information content (AvgIpc) is 2.07. The van der Waals surface area contributed by atoms with Gasteiger partial charge >= 0.3 is 0 Å². The summed E-state index contributed by atoms with van der Waals surface area (Å²) in [5.41, 5.74) is 1.22. The van der Waals surface area contributed by atoms with Crippen LogP contribution in [0.3, 0.4) is 0 Å². The number of allylic oxidation sites excluding steroid dienone is 3. The highest BCUT2D eigenvalue weighted by Gasteiger charge is 2.11. The molecule has 1 aliphatic heterocycles. The Morgan fingerprint density at radius 2 is 2.07 bits per heavy atom. The van der Waals surface area contributed by atoms with Crippen LogP contribution in [0.25, 0.3) is 0 Å². The summed E-state index contributed by atoms with van der Waals surface area (Å²) in [5, 5.41) is 0. The summed E-state index contributed by atoms with van der Waals surface area (Å²) < 4.78 is 5.68. The summed E-state index contributed by atoms with van der Waals surface area (Å²) in [6, 6.07) is 0. The molecule has 0 spiro atoms. The average molecular weight is 207 g/mol. The first kappa shape index (κ1) is 12.0. The van der Waals surface area contributed by atoms with Gasteiger partial charge in [-0.05, 0) is 31.3 Å². The van der Waals surface area contributed by atoms with Gasteiger partial charge in [-0.15, -0.1) is 0 Å². The van der Waals surface area contributed by atoms with Crippen LogP contribution in [0.2, 0.25) is 0 Å². The zero-order valence-corrected chi connectivity index (χ0v) is 10.2. The first-order chi connectivity index (χ1) is 6.97. The molecule has 0 N–H and O–H groups in total. The monoisotopic (exact) mass is 207 g/mol. The van der Waals surface area contributed by atoms with E-state index in [1.807, 2.05) is 13.0 Å². The van der Waals surface area contributed by atoms with Gasteiger partial charge in [0.05, 0.1) is 6.61 Å². The zero-order valence-electron chi connectivity index (χ0n) is 10.2. The Kier molecular flexibility index (Phi) is 4.13. The van der Waals surface area contributed by atoms with E-state index in [4.69, 9.17) is 4.74 Å². The van der Waals surface area contributed by atoms with Crippen LogP contribution in [0.1, 0.15) is 40.5 Å². The molecule has 0 bridgehead atoms. The van der Waals surface area contributed by atoms with Crippen molar-refractivity contribution in [3.8, 4) is 0 Å². The first-order valence-electron chi connectivity index (χ1n) is 5.52. The lowest BCUT2D eigenvalue weighted by atomic mass is 9.99. The molecule has 84 valence electrons. The number of rotatable bonds is 1. The van der Waals surface area contributed by atoms with Crippen molar-refractivity contribution in [2.45, 2.75) is 40.5 Å². The van der Waals surface area contributed by atoms with Crippen LogP contribution in [0, 0.1) is 5.41 Å². The van der Waals surface area contributed by atoms with E-state index in [9.17, 15) is 0 Å². The quantitative estimate of drug-likeness (QED) is 0.642. The molecular formula is C13H21NO. The molecule has 15 heavy (non-hydrogen) atoms. The minimum Gasteiger partial charge on any atom is -0.477 e. The van der Waals surface area contributed by atoms with E-state index in [-0.39, 0.29) is 5.41 Å². The highest BCUT2D eigenvalue weighted by molar-refractivity contribution is 5.88. The number of hydrogen-bond acceptors (Lipinski definition) is 2. The Bertz CT molecular complexity index is 292.